The molecule has 0 fully saturated rings. The summed E-state index contributed by atoms with van der Waals surface area (Å²) in [5.74, 6) is 0.270. The summed E-state index contributed by atoms with van der Waals surface area (Å²) in [5, 5.41) is 0. The van der Waals surface area contributed by atoms with E-state index < -0.39 is 5.97 Å². The van der Waals surface area contributed by atoms with Crippen molar-refractivity contribution in [2.45, 2.75) is 13.8 Å². The van der Waals surface area contributed by atoms with Gasteiger partial charge in [0.15, 0.2) is 11.5 Å². The molecule has 0 aromatic heterocycles. The number of fused-ring (bicyclic) bond motifs is 1. The average molecular weight is 423 g/mol. The summed E-state index contributed by atoms with van der Waals surface area (Å²) in [6.45, 7) is 4.61. The van der Waals surface area contributed by atoms with E-state index >= 15 is 0 Å². The van der Waals surface area contributed by atoms with Crippen molar-refractivity contribution < 1.29 is 28.6 Å². The molecule has 162 valence electrons. The minimum absolute atomic E-state index is 0.00162. The van der Waals surface area contributed by atoms with E-state index in [4.69, 9.17) is 14.2 Å². The van der Waals surface area contributed by atoms with Crippen molar-refractivity contribution >= 4 is 23.9 Å². The predicted molar refractivity (Wildman–Crippen MR) is 115 cm³/mol. The Morgan fingerprint density at radius 1 is 1.03 bits per heavy atom. The lowest BCUT2D eigenvalue weighted by Gasteiger charge is -2.13. The fourth-order valence-electron chi connectivity index (χ4n) is 3.06. The van der Waals surface area contributed by atoms with E-state index in [2.05, 4.69) is 13.8 Å². The lowest BCUT2D eigenvalue weighted by atomic mass is 10.1. The summed E-state index contributed by atoms with van der Waals surface area (Å²) in [6, 6.07) is 12.0. The molecule has 7 nitrogen and oxygen atoms in total. The molecule has 2 amide bonds. The standard InChI is InChI=1S/C24H25NO6/c1-16(2)15-31-20-10-8-17(14-21(20)29-3)9-11-22(26)30-13-12-25-23(27)18-6-4-5-7-19(18)24(25)28/h4-11,14,16H,12-13,15H2,1-3H3/b11-9+. The third-order valence-corrected chi connectivity index (χ3v) is 4.61. The highest BCUT2D eigenvalue weighted by molar-refractivity contribution is 6.21. The third-order valence-electron chi connectivity index (χ3n) is 4.61. The topological polar surface area (TPSA) is 82.1 Å². The molecule has 0 spiro atoms. The summed E-state index contributed by atoms with van der Waals surface area (Å²) in [4.78, 5) is 37.7. The molecule has 0 saturated carbocycles. The number of hydrogen-bond acceptors (Lipinski definition) is 6. The molecule has 0 unspecified atom stereocenters. The van der Waals surface area contributed by atoms with Gasteiger partial charge in [0, 0.05) is 6.08 Å². The van der Waals surface area contributed by atoms with Crippen molar-refractivity contribution in [3.8, 4) is 11.5 Å². The highest BCUT2D eigenvalue weighted by Gasteiger charge is 2.34. The molecule has 0 bridgehead atoms. The Morgan fingerprint density at radius 3 is 2.32 bits per heavy atom. The zero-order chi connectivity index (χ0) is 22.4. The molecular weight excluding hydrogens is 398 g/mol. The number of carbonyl (C=O) groups excluding carboxylic acids is 3. The maximum absolute atomic E-state index is 12.3. The van der Waals surface area contributed by atoms with Crippen LogP contribution in [0.15, 0.2) is 48.5 Å². The van der Waals surface area contributed by atoms with Gasteiger partial charge in [-0.2, -0.15) is 0 Å². The van der Waals surface area contributed by atoms with Crippen molar-refractivity contribution in [3.63, 3.8) is 0 Å². The summed E-state index contributed by atoms with van der Waals surface area (Å²) in [5.41, 5.74) is 1.48. The largest absolute Gasteiger partial charge is 0.493 e. The number of nitrogens with zero attached hydrogens (tertiary/aromatic N) is 1. The minimum Gasteiger partial charge on any atom is -0.493 e. The van der Waals surface area contributed by atoms with Gasteiger partial charge in [-0.25, -0.2) is 4.79 Å². The first kappa shape index (κ1) is 22.1. The summed E-state index contributed by atoms with van der Waals surface area (Å²) < 4.78 is 16.2. The van der Waals surface area contributed by atoms with Crippen molar-refractivity contribution in [1.82, 2.24) is 4.90 Å². The molecule has 1 aliphatic rings. The Kier molecular flexibility index (Phi) is 7.07. The zero-order valence-corrected chi connectivity index (χ0v) is 17.8. The van der Waals surface area contributed by atoms with E-state index in [1.54, 1.807) is 55.7 Å². The first-order chi connectivity index (χ1) is 14.9. The second kappa shape index (κ2) is 9.93. The molecule has 1 aliphatic heterocycles. The van der Waals surface area contributed by atoms with Crippen LogP contribution in [-0.4, -0.2) is 49.6 Å². The molecule has 0 saturated heterocycles. The monoisotopic (exact) mass is 423 g/mol. The Hall–Kier alpha value is -3.61. The smallest absolute Gasteiger partial charge is 0.330 e. The van der Waals surface area contributed by atoms with Crippen LogP contribution in [0.25, 0.3) is 6.08 Å². The van der Waals surface area contributed by atoms with E-state index in [9.17, 15) is 14.4 Å². The van der Waals surface area contributed by atoms with Crippen LogP contribution < -0.4 is 9.47 Å². The highest BCUT2D eigenvalue weighted by atomic mass is 16.5. The number of hydrogen-bond donors (Lipinski definition) is 0. The normalized spacial score (nSPS) is 13.1. The number of carbonyl (C=O) groups is 3. The Labute approximate surface area is 181 Å². The lowest BCUT2D eigenvalue weighted by molar-refractivity contribution is -0.137. The van der Waals surface area contributed by atoms with E-state index in [1.807, 2.05) is 0 Å². The Bertz CT molecular complexity index is 976. The van der Waals surface area contributed by atoms with Gasteiger partial charge >= 0.3 is 5.97 Å². The van der Waals surface area contributed by atoms with Gasteiger partial charge in [0.2, 0.25) is 0 Å². The minimum atomic E-state index is -0.573. The maximum Gasteiger partial charge on any atom is 0.330 e. The second-order valence-corrected chi connectivity index (χ2v) is 7.42. The maximum atomic E-state index is 12.3. The molecule has 0 aliphatic carbocycles. The summed E-state index contributed by atoms with van der Waals surface area (Å²) >= 11 is 0. The molecule has 1 heterocycles. The number of methoxy groups -OCH3 is 1. The van der Waals surface area contributed by atoms with Gasteiger partial charge in [0.25, 0.3) is 11.8 Å². The van der Waals surface area contributed by atoms with Crippen LogP contribution in [0, 0.1) is 5.92 Å². The van der Waals surface area contributed by atoms with Crippen LogP contribution in [0.3, 0.4) is 0 Å². The van der Waals surface area contributed by atoms with Crippen molar-refractivity contribution in [3.05, 3.63) is 65.2 Å². The average Bonchev–Trinajstić information content (AvgIpc) is 3.01. The molecule has 7 heteroatoms. The third kappa shape index (κ3) is 5.31. The van der Waals surface area contributed by atoms with E-state index in [-0.39, 0.29) is 25.0 Å². The second-order valence-electron chi connectivity index (χ2n) is 7.42. The fourth-order valence-corrected chi connectivity index (χ4v) is 3.06. The van der Waals surface area contributed by atoms with Crippen LogP contribution in [0.4, 0.5) is 0 Å². The molecule has 2 aromatic rings. The number of ether oxygens (including phenoxy) is 3. The molecule has 0 N–H and O–H groups in total. The van der Waals surface area contributed by atoms with Crippen LogP contribution in [0.1, 0.15) is 40.1 Å². The summed E-state index contributed by atoms with van der Waals surface area (Å²) in [7, 11) is 1.55. The van der Waals surface area contributed by atoms with Crippen molar-refractivity contribution in [2.75, 3.05) is 26.9 Å². The number of imide groups is 1. The fraction of sp³-hybridized carbons (Fsp3) is 0.292. The van der Waals surface area contributed by atoms with Crippen molar-refractivity contribution in [2.24, 2.45) is 5.92 Å². The van der Waals surface area contributed by atoms with Crippen LogP contribution in [0.5, 0.6) is 11.5 Å². The van der Waals surface area contributed by atoms with Gasteiger partial charge in [-0.3, -0.25) is 14.5 Å². The molecule has 3 rings (SSSR count). The van der Waals surface area contributed by atoms with E-state index in [0.29, 0.717) is 35.2 Å². The zero-order valence-electron chi connectivity index (χ0n) is 17.8. The van der Waals surface area contributed by atoms with Gasteiger partial charge in [-0.1, -0.05) is 32.0 Å². The predicted octanol–water partition coefficient (Wildman–Crippen LogP) is 3.58. The number of amides is 2. The number of esters is 1. The Balaban J connectivity index is 1.52. The van der Waals surface area contributed by atoms with Gasteiger partial charge in [-0.05, 0) is 41.8 Å². The first-order valence-corrected chi connectivity index (χ1v) is 10.0. The summed E-state index contributed by atoms with van der Waals surface area (Å²) in [6.07, 6.45) is 2.88. The SMILES string of the molecule is COc1cc(/C=C/C(=O)OCCN2C(=O)c3ccccc3C2=O)ccc1OCC(C)C. The molecule has 31 heavy (non-hydrogen) atoms. The van der Waals surface area contributed by atoms with Crippen molar-refractivity contribution in [1.29, 1.82) is 0 Å². The van der Waals surface area contributed by atoms with Gasteiger partial charge in [-0.15, -0.1) is 0 Å². The number of rotatable bonds is 9. The first-order valence-electron chi connectivity index (χ1n) is 10.0. The Morgan fingerprint density at radius 2 is 1.71 bits per heavy atom. The number of benzene rings is 2. The molecule has 0 atom stereocenters. The van der Waals surface area contributed by atoms with Crippen LogP contribution >= 0.6 is 0 Å². The highest BCUT2D eigenvalue weighted by Crippen LogP contribution is 2.29. The van der Waals surface area contributed by atoms with Gasteiger partial charge in [0.1, 0.15) is 6.61 Å². The quantitative estimate of drug-likeness (QED) is 0.348. The lowest BCUT2D eigenvalue weighted by Crippen LogP contribution is -2.33. The van der Waals surface area contributed by atoms with Gasteiger partial charge < -0.3 is 14.2 Å². The van der Waals surface area contributed by atoms with E-state index in [0.717, 1.165) is 10.5 Å². The molecule has 2 aromatic carbocycles. The molecule has 0 radical (unpaired) electrons. The van der Waals surface area contributed by atoms with Gasteiger partial charge in [0.05, 0.1) is 31.4 Å². The van der Waals surface area contributed by atoms with Crippen LogP contribution in [0.2, 0.25) is 0 Å². The molecular formula is C24H25NO6. The van der Waals surface area contributed by atoms with E-state index in [1.165, 1.54) is 6.08 Å². The van der Waals surface area contributed by atoms with Crippen LogP contribution in [-0.2, 0) is 9.53 Å².